The number of hydrogen-bond donors (Lipinski definition) is 1. The Kier molecular flexibility index (Phi) is 7.28. The molecule has 8 heteroatoms. The molecule has 0 aliphatic heterocycles. The summed E-state index contributed by atoms with van der Waals surface area (Å²) in [4.78, 5) is 36.4. The lowest BCUT2D eigenvalue weighted by Gasteiger charge is -2.19. The fourth-order valence-corrected chi connectivity index (χ4v) is 2.62. The van der Waals surface area contributed by atoms with E-state index in [2.05, 4.69) is 5.32 Å². The molecule has 7 nitrogen and oxygen atoms in total. The van der Waals surface area contributed by atoms with Crippen molar-refractivity contribution < 1.29 is 14.5 Å². The molecule has 0 aliphatic carbocycles. The van der Waals surface area contributed by atoms with Crippen LogP contribution < -0.4 is 5.32 Å². The number of halogens is 1. The molecule has 2 aromatic carbocycles. The van der Waals surface area contributed by atoms with E-state index in [1.165, 1.54) is 29.2 Å². The number of benzene rings is 2. The first kappa shape index (κ1) is 21.1. The van der Waals surface area contributed by atoms with Crippen LogP contribution in [0.4, 0.5) is 11.4 Å². The Balaban J connectivity index is 2.02. The van der Waals surface area contributed by atoms with Crippen LogP contribution in [0.5, 0.6) is 0 Å². The van der Waals surface area contributed by atoms with Gasteiger partial charge < -0.3 is 10.2 Å². The molecule has 0 saturated carbocycles. The fourth-order valence-electron chi connectivity index (χ4n) is 2.45. The van der Waals surface area contributed by atoms with E-state index < -0.39 is 4.92 Å². The molecule has 2 aromatic rings. The first-order valence-electron chi connectivity index (χ1n) is 8.57. The number of nitrogens with one attached hydrogen (secondary N) is 1. The molecule has 28 heavy (non-hydrogen) atoms. The van der Waals surface area contributed by atoms with Crippen molar-refractivity contribution in [3.63, 3.8) is 0 Å². The molecule has 0 radical (unpaired) electrons. The third-order valence-corrected chi connectivity index (χ3v) is 4.24. The van der Waals surface area contributed by atoms with E-state index in [0.717, 1.165) is 5.56 Å². The van der Waals surface area contributed by atoms with Gasteiger partial charge in [0.2, 0.25) is 11.8 Å². The Labute approximate surface area is 167 Å². The number of carbonyl (C=O) groups excluding carboxylic acids is 2. The maximum atomic E-state index is 12.4. The Bertz CT molecular complexity index is 927. The van der Waals surface area contributed by atoms with Crippen molar-refractivity contribution in [1.29, 1.82) is 0 Å². The smallest absolute Gasteiger partial charge is 0.270 e. The van der Waals surface area contributed by atoms with E-state index >= 15 is 0 Å². The van der Waals surface area contributed by atoms with Crippen molar-refractivity contribution in [1.82, 2.24) is 4.90 Å². The monoisotopic (exact) mass is 401 g/mol. The van der Waals surface area contributed by atoms with Gasteiger partial charge in [0.15, 0.2) is 0 Å². The first-order valence-corrected chi connectivity index (χ1v) is 8.95. The SMILES string of the molecule is CCN(CC(=O)Nc1cc(Cl)ccc1C)C(=O)/C=C/c1cccc([N+](=O)[O-])c1. The van der Waals surface area contributed by atoms with E-state index in [1.54, 1.807) is 37.3 Å². The summed E-state index contributed by atoms with van der Waals surface area (Å²) in [7, 11) is 0. The van der Waals surface area contributed by atoms with Crippen LogP contribution in [0.3, 0.4) is 0 Å². The summed E-state index contributed by atoms with van der Waals surface area (Å²) in [6, 6.07) is 11.1. The summed E-state index contributed by atoms with van der Waals surface area (Å²) in [6.07, 6.45) is 2.78. The van der Waals surface area contributed by atoms with Crippen LogP contribution in [0, 0.1) is 17.0 Å². The largest absolute Gasteiger partial charge is 0.330 e. The maximum absolute atomic E-state index is 12.4. The second kappa shape index (κ2) is 9.66. The quantitative estimate of drug-likeness (QED) is 0.430. The zero-order valence-corrected chi connectivity index (χ0v) is 16.3. The van der Waals surface area contributed by atoms with Gasteiger partial charge in [0.25, 0.3) is 5.69 Å². The zero-order valence-electron chi connectivity index (χ0n) is 15.5. The van der Waals surface area contributed by atoms with E-state index in [1.807, 2.05) is 6.92 Å². The Morgan fingerprint density at radius 3 is 2.68 bits per heavy atom. The molecule has 0 aliphatic rings. The molecule has 1 N–H and O–H groups in total. The molecule has 146 valence electrons. The number of likely N-dealkylation sites (N-methyl/N-ethyl adjacent to an activating group) is 1. The van der Waals surface area contributed by atoms with Crippen LogP contribution >= 0.6 is 11.6 Å². The van der Waals surface area contributed by atoms with Gasteiger partial charge in [-0.15, -0.1) is 0 Å². The molecule has 0 atom stereocenters. The van der Waals surface area contributed by atoms with Crippen molar-refractivity contribution in [3.8, 4) is 0 Å². The lowest BCUT2D eigenvalue weighted by atomic mass is 10.2. The Morgan fingerprint density at radius 2 is 2.00 bits per heavy atom. The van der Waals surface area contributed by atoms with Gasteiger partial charge in [0, 0.05) is 35.5 Å². The molecule has 2 amide bonds. The number of nitro benzene ring substituents is 1. The van der Waals surface area contributed by atoms with E-state index in [0.29, 0.717) is 22.8 Å². The van der Waals surface area contributed by atoms with Crippen molar-refractivity contribution in [2.75, 3.05) is 18.4 Å². The Morgan fingerprint density at radius 1 is 1.25 bits per heavy atom. The predicted molar refractivity (Wildman–Crippen MR) is 109 cm³/mol. The molecule has 0 spiro atoms. The Hall–Kier alpha value is -3.19. The minimum absolute atomic E-state index is 0.0572. The number of anilines is 1. The van der Waals surface area contributed by atoms with E-state index in [-0.39, 0.29) is 24.0 Å². The number of nitro groups is 1. The summed E-state index contributed by atoms with van der Waals surface area (Å²) < 4.78 is 0. The normalized spacial score (nSPS) is 10.7. The van der Waals surface area contributed by atoms with Gasteiger partial charge in [-0.25, -0.2) is 0 Å². The minimum atomic E-state index is -0.500. The number of hydrogen-bond acceptors (Lipinski definition) is 4. The van der Waals surface area contributed by atoms with Gasteiger partial charge >= 0.3 is 0 Å². The van der Waals surface area contributed by atoms with Crippen molar-refractivity contribution >= 4 is 40.9 Å². The predicted octanol–water partition coefficient (Wildman–Crippen LogP) is 4.06. The molecule has 0 bridgehead atoms. The van der Waals surface area contributed by atoms with Gasteiger partial charge in [-0.05, 0) is 43.2 Å². The minimum Gasteiger partial charge on any atom is -0.330 e. The second-order valence-electron chi connectivity index (χ2n) is 6.05. The molecule has 0 fully saturated rings. The van der Waals surface area contributed by atoms with Crippen LogP contribution in [-0.4, -0.2) is 34.7 Å². The average Bonchev–Trinajstić information content (AvgIpc) is 2.67. The number of nitrogens with zero attached hydrogens (tertiary/aromatic N) is 2. The third kappa shape index (κ3) is 5.92. The average molecular weight is 402 g/mol. The summed E-state index contributed by atoms with van der Waals surface area (Å²) in [5.74, 6) is -0.712. The maximum Gasteiger partial charge on any atom is 0.270 e. The van der Waals surface area contributed by atoms with Gasteiger partial charge in [-0.3, -0.25) is 19.7 Å². The highest BCUT2D eigenvalue weighted by Crippen LogP contribution is 2.20. The van der Waals surface area contributed by atoms with E-state index in [4.69, 9.17) is 11.6 Å². The number of carbonyl (C=O) groups is 2. The summed E-state index contributed by atoms with van der Waals surface area (Å²) >= 11 is 5.95. The van der Waals surface area contributed by atoms with Crippen LogP contribution in [0.25, 0.3) is 6.08 Å². The van der Waals surface area contributed by atoms with Crippen molar-refractivity contribution in [3.05, 3.63) is 74.8 Å². The highest BCUT2D eigenvalue weighted by Gasteiger charge is 2.14. The standard InChI is InChI=1S/C20H20ClN3O4/c1-3-23(13-19(25)22-18-12-16(21)9-7-14(18)2)20(26)10-8-15-5-4-6-17(11-15)24(27)28/h4-12H,3,13H2,1-2H3,(H,22,25)/b10-8+. The van der Waals surface area contributed by atoms with Crippen LogP contribution in [-0.2, 0) is 9.59 Å². The fraction of sp³-hybridized carbons (Fsp3) is 0.200. The number of non-ortho nitro benzene ring substituents is 1. The van der Waals surface area contributed by atoms with Crippen LogP contribution in [0.15, 0.2) is 48.5 Å². The second-order valence-corrected chi connectivity index (χ2v) is 6.48. The lowest BCUT2D eigenvalue weighted by molar-refractivity contribution is -0.384. The zero-order chi connectivity index (χ0) is 20.7. The molecule has 0 heterocycles. The highest BCUT2D eigenvalue weighted by atomic mass is 35.5. The molecule has 0 unspecified atom stereocenters. The number of aryl methyl sites for hydroxylation is 1. The molecule has 0 saturated heterocycles. The van der Waals surface area contributed by atoms with Crippen LogP contribution in [0.1, 0.15) is 18.1 Å². The molecular weight excluding hydrogens is 382 g/mol. The molecular formula is C20H20ClN3O4. The summed E-state index contributed by atoms with van der Waals surface area (Å²) in [5.41, 5.74) is 1.92. The molecule has 0 aromatic heterocycles. The summed E-state index contributed by atoms with van der Waals surface area (Å²) in [5, 5.41) is 14.1. The third-order valence-electron chi connectivity index (χ3n) is 4.00. The van der Waals surface area contributed by atoms with Crippen molar-refractivity contribution in [2.45, 2.75) is 13.8 Å². The topological polar surface area (TPSA) is 92.6 Å². The highest BCUT2D eigenvalue weighted by molar-refractivity contribution is 6.31. The lowest BCUT2D eigenvalue weighted by Crippen LogP contribution is -2.37. The van der Waals surface area contributed by atoms with Gasteiger partial charge in [0.05, 0.1) is 4.92 Å². The van der Waals surface area contributed by atoms with Crippen LogP contribution in [0.2, 0.25) is 5.02 Å². The number of rotatable bonds is 7. The van der Waals surface area contributed by atoms with Crippen molar-refractivity contribution in [2.24, 2.45) is 0 Å². The first-order chi connectivity index (χ1) is 13.3. The number of amides is 2. The summed E-state index contributed by atoms with van der Waals surface area (Å²) in [6.45, 7) is 3.81. The van der Waals surface area contributed by atoms with E-state index in [9.17, 15) is 19.7 Å². The van der Waals surface area contributed by atoms with Gasteiger partial charge in [0.1, 0.15) is 6.54 Å². The van der Waals surface area contributed by atoms with Gasteiger partial charge in [-0.1, -0.05) is 29.8 Å². The molecule has 2 rings (SSSR count). The van der Waals surface area contributed by atoms with Gasteiger partial charge in [-0.2, -0.15) is 0 Å².